The van der Waals surface area contributed by atoms with Crippen molar-refractivity contribution in [3.8, 4) is 0 Å². The summed E-state index contributed by atoms with van der Waals surface area (Å²) in [5, 5.41) is 0. The van der Waals surface area contributed by atoms with Gasteiger partial charge in [-0.25, -0.2) is 17.5 Å². The van der Waals surface area contributed by atoms with Crippen molar-refractivity contribution in [3.05, 3.63) is 30.1 Å². The van der Waals surface area contributed by atoms with E-state index in [4.69, 9.17) is 11.6 Å². The molecule has 0 aromatic heterocycles. The number of alkyl halides is 1. The van der Waals surface area contributed by atoms with Crippen LogP contribution in [0, 0.1) is 11.7 Å². The summed E-state index contributed by atoms with van der Waals surface area (Å²) >= 11 is 5.66. The number of benzene rings is 1. The van der Waals surface area contributed by atoms with Gasteiger partial charge in [-0.1, -0.05) is 6.92 Å². The summed E-state index contributed by atoms with van der Waals surface area (Å²) in [7, 11) is -3.61. The first kappa shape index (κ1) is 14.4. The fourth-order valence-electron chi connectivity index (χ4n) is 1.18. The van der Waals surface area contributed by atoms with Crippen LogP contribution in [0.2, 0.25) is 0 Å². The summed E-state index contributed by atoms with van der Waals surface area (Å²) in [5.74, 6) is -0.0781. The van der Waals surface area contributed by atoms with E-state index in [1.807, 2.05) is 6.92 Å². The smallest absolute Gasteiger partial charge is 0.208 e. The zero-order valence-corrected chi connectivity index (χ0v) is 11.2. The molecule has 0 heterocycles. The van der Waals surface area contributed by atoms with Crippen molar-refractivity contribution in [2.24, 2.45) is 5.92 Å². The van der Waals surface area contributed by atoms with Gasteiger partial charge in [-0.2, -0.15) is 0 Å². The van der Waals surface area contributed by atoms with Gasteiger partial charge in [0.2, 0.25) is 10.0 Å². The number of nitrogens with one attached hydrogen (secondary N) is 1. The first-order valence-electron chi connectivity index (χ1n) is 5.20. The maximum atomic E-state index is 12.7. The van der Waals surface area contributed by atoms with E-state index >= 15 is 0 Å². The molecule has 2 atom stereocenters. The van der Waals surface area contributed by atoms with E-state index in [1.165, 1.54) is 12.1 Å². The van der Waals surface area contributed by atoms with Gasteiger partial charge < -0.3 is 0 Å². The van der Waals surface area contributed by atoms with Crippen molar-refractivity contribution < 1.29 is 12.8 Å². The largest absolute Gasteiger partial charge is 0.240 e. The van der Waals surface area contributed by atoms with Gasteiger partial charge in [0, 0.05) is 11.9 Å². The molecule has 0 aliphatic carbocycles. The van der Waals surface area contributed by atoms with Crippen molar-refractivity contribution in [1.29, 1.82) is 0 Å². The maximum absolute atomic E-state index is 12.7. The molecule has 0 bridgehead atoms. The Kier molecular flexibility index (Phi) is 4.91. The lowest BCUT2D eigenvalue weighted by atomic mass is 10.1. The molecule has 0 aliphatic rings. The topological polar surface area (TPSA) is 46.2 Å². The van der Waals surface area contributed by atoms with E-state index < -0.39 is 15.8 Å². The Morgan fingerprint density at radius 1 is 1.29 bits per heavy atom. The van der Waals surface area contributed by atoms with Gasteiger partial charge in [-0.15, -0.1) is 11.6 Å². The lowest BCUT2D eigenvalue weighted by molar-refractivity contribution is 0.480. The predicted molar refractivity (Wildman–Crippen MR) is 66.1 cm³/mol. The van der Waals surface area contributed by atoms with E-state index in [0.717, 1.165) is 12.1 Å². The molecule has 0 saturated heterocycles. The molecule has 96 valence electrons. The second kappa shape index (κ2) is 5.80. The predicted octanol–water partition coefficient (Wildman–Crippen LogP) is 2.37. The van der Waals surface area contributed by atoms with Crippen LogP contribution < -0.4 is 4.72 Å². The van der Waals surface area contributed by atoms with Crippen LogP contribution >= 0.6 is 11.6 Å². The molecule has 6 heteroatoms. The molecule has 1 aromatic carbocycles. The minimum atomic E-state index is -3.61. The molecule has 1 rings (SSSR count). The van der Waals surface area contributed by atoms with Gasteiger partial charge in [-0.3, -0.25) is 0 Å². The highest BCUT2D eigenvalue weighted by atomic mass is 35.5. The molecule has 0 spiro atoms. The average molecular weight is 280 g/mol. The van der Waals surface area contributed by atoms with Gasteiger partial charge >= 0.3 is 0 Å². The summed E-state index contributed by atoms with van der Waals surface area (Å²) in [6.45, 7) is 3.60. The van der Waals surface area contributed by atoms with Gasteiger partial charge in [0.15, 0.2) is 0 Å². The lowest BCUT2D eigenvalue weighted by Gasteiger charge is -2.19. The Labute approximate surface area is 106 Å². The van der Waals surface area contributed by atoms with Crippen LogP contribution in [0.15, 0.2) is 29.2 Å². The van der Waals surface area contributed by atoms with Crippen molar-refractivity contribution >= 4 is 21.6 Å². The quantitative estimate of drug-likeness (QED) is 0.841. The van der Waals surface area contributed by atoms with E-state index in [9.17, 15) is 12.8 Å². The third kappa shape index (κ3) is 3.94. The minimum Gasteiger partial charge on any atom is -0.208 e. The highest BCUT2D eigenvalue weighted by Crippen LogP contribution is 2.13. The molecular formula is C11H15ClFNO2S. The van der Waals surface area contributed by atoms with Gasteiger partial charge in [-0.05, 0) is 37.1 Å². The van der Waals surface area contributed by atoms with Crippen LogP contribution in [0.3, 0.4) is 0 Å². The highest BCUT2D eigenvalue weighted by molar-refractivity contribution is 7.89. The van der Waals surface area contributed by atoms with Crippen molar-refractivity contribution in [2.45, 2.75) is 24.8 Å². The summed E-state index contributed by atoms with van der Waals surface area (Å²) < 4.78 is 39.0. The van der Waals surface area contributed by atoms with Gasteiger partial charge in [0.1, 0.15) is 5.82 Å². The minimum absolute atomic E-state index is 0.0203. The third-order valence-electron chi connectivity index (χ3n) is 2.56. The Morgan fingerprint density at radius 2 is 1.82 bits per heavy atom. The summed E-state index contributed by atoms with van der Waals surface area (Å²) in [4.78, 5) is 0.0486. The number of hydrogen-bond donors (Lipinski definition) is 1. The Bertz CT molecular complexity index is 461. The zero-order chi connectivity index (χ0) is 13.1. The van der Waals surface area contributed by atoms with E-state index in [-0.39, 0.29) is 16.9 Å². The molecular weight excluding hydrogens is 265 g/mol. The standard InChI is InChI=1S/C11H15ClFNO2S/c1-8(7-12)9(2)14-17(15,16)11-5-3-10(13)4-6-11/h3-6,8-9,14H,7H2,1-2H3. The molecule has 17 heavy (non-hydrogen) atoms. The molecule has 0 aliphatic heterocycles. The fraction of sp³-hybridized carbons (Fsp3) is 0.455. The monoisotopic (exact) mass is 279 g/mol. The molecule has 3 nitrogen and oxygen atoms in total. The first-order valence-corrected chi connectivity index (χ1v) is 7.22. The van der Waals surface area contributed by atoms with Crippen molar-refractivity contribution in [3.63, 3.8) is 0 Å². The number of rotatable bonds is 5. The Balaban J connectivity index is 2.85. The first-order chi connectivity index (χ1) is 7.86. The van der Waals surface area contributed by atoms with Gasteiger partial charge in [0.25, 0.3) is 0 Å². The molecule has 1 aromatic rings. The van der Waals surface area contributed by atoms with Crippen molar-refractivity contribution in [2.75, 3.05) is 5.88 Å². The number of hydrogen-bond acceptors (Lipinski definition) is 2. The van der Waals surface area contributed by atoms with Gasteiger partial charge in [0.05, 0.1) is 4.90 Å². The molecule has 1 N–H and O–H groups in total. The highest BCUT2D eigenvalue weighted by Gasteiger charge is 2.20. The second-order valence-corrected chi connectivity index (χ2v) is 6.02. The summed E-state index contributed by atoms with van der Waals surface area (Å²) in [6, 6.07) is 4.42. The molecule has 0 saturated carbocycles. The zero-order valence-electron chi connectivity index (χ0n) is 9.65. The Hall–Kier alpha value is -0.650. The van der Waals surface area contributed by atoms with Crippen LogP contribution in [0.4, 0.5) is 4.39 Å². The Morgan fingerprint density at radius 3 is 2.29 bits per heavy atom. The molecule has 0 radical (unpaired) electrons. The molecule has 0 fully saturated rings. The fourth-order valence-corrected chi connectivity index (χ4v) is 2.80. The average Bonchev–Trinajstić information content (AvgIpc) is 2.27. The van der Waals surface area contributed by atoms with E-state index in [0.29, 0.717) is 5.88 Å². The SMILES string of the molecule is CC(CCl)C(C)NS(=O)(=O)c1ccc(F)cc1. The van der Waals surface area contributed by atoms with Crippen LogP contribution in [-0.2, 0) is 10.0 Å². The number of sulfonamides is 1. The van der Waals surface area contributed by atoms with Crippen molar-refractivity contribution in [1.82, 2.24) is 4.72 Å². The maximum Gasteiger partial charge on any atom is 0.240 e. The molecule has 2 unspecified atom stereocenters. The second-order valence-electron chi connectivity index (χ2n) is 4.00. The normalized spacial score (nSPS) is 15.5. The summed E-state index contributed by atoms with van der Waals surface area (Å²) in [6.07, 6.45) is 0. The van der Waals surface area contributed by atoms with E-state index in [2.05, 4.69) is 4.72 Å². The van der Waals surface area contributed by atoms with Crippen LogP contribution in [-0.4, -0.2) is 20.3 Å². The van der Waals surface area contributed by atoms with Crippen LogP contribution in [0.25, 0.3) is 0 Å². The van der Waals surface area contributed by atoms with Crippen LogP contribution in [0.5, 0.6) is 0 Å². The molecule has 0 amide bonds. The van der Waals surface area contributed by atoms with E-state index in [1.54, 1.807) is 6.92 Å². The number of halogens is 2. The summed E-state index contributed by atoms with van der Waals surface area (Å²) in [5.41, 5.74) is 0. The lowest BCUT2D eigenvalue weighted by Crippen LogP contribution is -2.37. The third-order valence-corrected chi connectivity index (χ3v) is 4.62. The van der Waals surface area contributed by atoms with Crippen LogP contribution in [0.1, 0.15) is 13.8 Å².